The molecule has 0 radical (unpaired) electrons. The number of methoxy groups -OCH3 is 1. The third kappa shape index (κ3) is 14.4. The average Bonchev–Trinajstić information content (AvgIpc) is 4.11. The fourth-order valence-corrected chi connectivity index (χ4v) is 11.2. The highest BCUT2D eigenvalue weighted by Gasteiger charge is 2.36. The molecule has 0 saturated carbocycles. The van der Waals surface area contributed by atoms with Crippen molar-refractivity contribution in [3.63, 3.8) is 0 Å². The summed E-state index contributed by atoms with van der Waals surface area (Å²) in [6, 6.07) is 22.4. The molecule has 19 heteroatoms. The van der Waals surface area contributed by atoms with Crippen LogP contribution in [0.15, 0.2) is 72.8 Å². The summed E-state index contributed by atoms with van der Waals surface area (Å²) < 4.78 is 27.7. The largest absolute Gasteiger partial charge is 0.502 e. The van der Waals surface area contributed by atoms with Gasteiger partial charge in [-0.25, -0.2) is 19.3 Å². The van der Waals surface area contributed by atoms with Gasteiger partial charge in [0.25, 0.3) is 0 Å². The molecule has 2 atom stereocenters. The third-order valence-electron chi connectivity index (χ3n) is 12.5. The minimum absolute atomic E-state index is 0.0220. The lowest BCUT2D eigenvalue weighted by Gasteiger charge is -2.37. The Balaban J connectivity index is 0.000000226. The van der Waals surface area contributed by atoms with E-state index in [1.54, 1.807) is 43.9 Å². The number of hydrogen-bond donors (Lipinski definition) is 1. The van der Waals surface area contributed by atoms with E-state index in [2.05, 4.69) is 36.2 Å². The van der Waals surface area contributed by atoms with E-state index in [4.69, 9.17) is 36.8 Å². The topological polar surface area (TPSA) is 184 Å². The van der Waals surface area contributed by atoms with E-state index in [-0.39, 0.29) is 44.0 Å². The zero-order valence-corrected chi connectivity index (χ0v) is 47.8. The molecular formula is C59H68N8O9S2. The van der Waals surface area contributed by atoms with Gasteiger partial charge in [0.1, 0.15) is 49.3 Å². The minimum Gasteiger partial charge on any atom is -0.502 e. The maximum Gasteiger partial charge on any atom is 0.411 e. The van der Waals surface area contributed by atoms with E-state index in [9.17, 15) is 19.5 Å². The van der Waals surface area contributed by atoms with E-state index < -0.39 is 29.4 Å². The van der Waals surface area contributed by atoms with Crippen molar-refractivity contribution in [1.29, 1.82) is 0 Å². The summed E-state index contributed by atoms with van der Waals surface area (Å²) in [5, 5.41) is 30.5. The number of aliphatic hydroxyl groups is 1. The maximum absolute atomic E-state index is 13.2. The number of fused-ring (bicyclic) bond motifs is 2. The van der Waals surface area contributed by atoms with Crippen LogP contribution in [0.3, 0.4) is 0 Å². The van der Waals surface area contributed by atoms with Crippen LogP contribution in [0.5, 0.6) is 11.5 Å². The lowest BCUT2D eigenvalue weighted by atomic mass is 9.84. The normalized spacial score (nSPS) is 14.9. The van der Waals surface area contributed by atoms with Crippen molar-refractivity contribution in [3.05, 3.63) is 118 Å². The first-order chi connectivity index (χ1) is 37.1. The molecule has 2 heterocycles. The first-order valence-electron chi connectivity index (χ1n) is 26.1. The number of rotatable bonds is 14. The molecule has 0 bridgehead atoms. The summed E-state index contributed by atoms with van der Waals surface area (Å²) in [6.45, 7) is 33.6. The van der Waals surface area contributed by atoms with Gasteiger partial charge in [-0.2, -0.15) is 0 Å². The predicted octanol–water partition coefficient (Wildman–Crippen LogP) is 13.8. The minimum atomic E-state index is -0.708. The molecule has 2 aliphatic rings. The molecule has 0 spiro atoms. The number of carbonyl (C=O) groups excluding carboxylic acids is 3. The van der Waals surface area contributed by atoms with Gasteiger partial charge in [0.15, 0.2) is 0 Å². The number of amides is 2. The highest BCUT2D eigenvalue weighted by molar-refractivity contribution is 7.18. The summed E-state index contributed by atoms with van der Waals surface area (Å²) >= 11 is 2.92. The summed E-state index contributed by atoms with van der Waals surface area (Å²) in [5.41, 5.74) is 7.31. The summed E-state index contributed by atoms with van der Waals surface area (Å²) in [4.78, 5) is 48.9. The van der Waals surface area contributed by atoms with E-state index in [1.165, 1.54) is 34.7 Å². The zero-order chi connectivity index (χ0) is 56.5. The van der Waals surface area contributed by atoms with E-state index in [0.29, 0.717) is 34.3 Å². The van der Waals surface area contributed by atoms with E-state index in [1.807, 2.05) is 97.0 Å². The Bertz CT molecular complexity index is 3200. The van der Waals surface area contributed by atoms with Crippen LogP contribution in [0.1, 0.15) is 129 Å². The first-order valence-corrected chi connectivity index (χ1v) is 27.7. The van der Waals surface area contributed by atoms with Crippen LogP contribution in [-0.4, -0.2) is 104 Å². The Kier molecular flexibility index (Phi) is 18.9. The third-order valence-corrected chi connectivity index (χ3v) is 14.5. The molecule has 4 aromatic carbocycles. The molecule has 2 aromatic heterocycles. The van der Waals surface area contributed by atoms with Crippen LogP contribution in [0.25, 0.3) is 52.0 Å². The van der Waals surface area contributed by atoms with E-state index in [0.717, 1.165) is 91.6 Å². The molecule has 0 aliphatic heterocycles. The summed E-state index contributed by atoms with van der Waals surface area (Å²) in [6.07, 6.45) is 3.84. The molecular weight excluding hydrogens is 1030 g/mol. The Morgan fingerprint density at radius 2 is 1.08 bits per heavy atom. The zero-order valence-electron chi connectivity index (χ0n) is 46.2. The molecule has 8 rings (SSSR count). The molecule has 6 aromatic rings. The molecule has 2 amide bonds. The molecule has 78 heavy (non-hydrogen) atoms. The van der Waals surface area contributed by atoms with Gasteiger partial charge in [-0.1, -0.05) is 71.2 Å². The fraction of sp³-hybridized carbons (Fsp3) is 0.441. The lowest BCUT2D eigenvalue weighted by molar-refractivity contribution is -0.142. The van der Waals surface area contributed by atoms with Crippen molar-refractivity contribution in [2.75, 3.05) is 26.8 Å². The van der Waals surface area contributed by atoms with Gasteiger partial charge in [0, 0.05) is 28.8 Å². The van der Waals surface area contributed by atoms with Crippen molar-refractivity contribution in [2.45, 2.75) is 143 Å². The average molecular weight is 1100 g/mol. The van der Waals surface area contributed by atoms with Gasteiger partial charge in [-0.15, -0.1) is 20.4 Å². The lowest BCUT2D eigenvalue weighted by Crippen LogP contribution is -2.43. The smallest absolute Gasteiger partial charge is 0.411 e. The van der Waals surface area contributed by atoms with Gasteiger partial charge in [0.2, 0.25) is 11.4 Å². The quantitative estimate of drug-likeness (QED) is 0.0618. The summed E-state index contributed by atoms with van der Waals surface area (Å²) in [5.74, 6) is 0.596. The molecule has 0 saturated heterocycles. The van der Waals surface area contributed by atoms with Crippen molar-refractivity contribution in [1.82, 2.24) is 30.2 Å². The number of nitrogens with zero attached hydrogens (tertiary/aromatic N) is 8. The van der Waals surface area contributed by atoms with Crippen LogP contribution < -0.4 is 9.47 Å². The van der Waals surface area contributed by atoms with Gasteiger partial charge < -0.3 is 28.8 Å². The number of benzene rings is 4. The second kappa shape index (κ2) is 25.3. The van der Waals surface area contributed by atoms with Gasteiger partial charge in [-0.3, -0.25) is 14.6 Å². The molecule has 410 valence electrons. The molecule has 1 N–H and O–H groups in total. The number of aromatic nitrogens is 4. The molecule has 2 aliphatic carbocycles. The number of carbonyl (C=O) groups is 3. The van der Waals surface area contributed by atoms with Crippen LogP contribution in [0.2, 0.25) is 0 Å². The van der Waals surface area contributed by atoms with Crippen LogP contribution in [-0.2, 0) is 31.8 Å². The number of esters is 1. The van der Waals surface area contributed by atoms with Crippen LogP contribution in [0, 0.1) is 13.1 Å². The second-order valence-electron chi connectivity index (χ2n) is 21.4. The highest BCUT2D eigenvalue weighted by Crippen LogP contribution is 2.44. The number of aliphatic hydroxyl groups excluding tert-OH is 1. The van der Waals surface area contributed by atoms with Crippen molar-refractivity contribution in [2.24, 2.45) is 0 Å². The number of hydrogen-bond acceptors (Lipinski definition) is 15. The second-order valence-corrected chi connectivity index (χ2v) is 23.3. The Labute approximate surface area is 465 Å². The molecule has 0 fully saturated rings. The monoisotopic (exact) mass is 1100 g/mol. The van der Waals surface area contributed by atoms with Crippen molar-refractivity contribution < 1.29 is 43.2 Å². The van der Waals surface area contributed by atoms with Crippen molar-refractivity contribution in [3.8, 4) is 53.8 Å². The van der Waals surface area contributed by atoms with Crippen LogP contribution >= 0.6 is 22.7 Å². The predicted molar refractivity (Wildman–Crippen MR) is 302 cm³/mol. The van der Waals surface area contributed by atoms with Gasteiger partial charge in [0.05, 0.1) is 51.2 Å². The fourth-order valence-electron chi connectivity index (χ4n) is 9.40. The van der Waals surface area contributed by atoms with Crippen LogP contribution in [0.4, 0.5) is 21.0 Å². The molecule has 0 unspecified atom stereocenters. The number of ether oxygens (including phenoxy) is 5. The highest BCUT2D eigenvalue weighted by atomic mass is 32.1. The molecule has 17 nitrogen and oxygen atoms in total. The SMILES string of the molecule is [C-]#[N+]c1cc(-c2nnc(-c3cccc4c3CCC[C@H]4N(CC(=O)OC)C(=O)OC(C)(C)C)s2)ccc1OC(C)C.[C-]#[N+]c1cc(-c2nnc(-c3cccc4c3CCC[C@H]4N(CCO)C(=O)OC(C)(C)C)s2)ccc1OC(C)C. The Morgan fingerprint density at radius 1 is 0.654 bits per heavy atom. The van der Waals surface area contributed by atoms with E-state index >= 15 is 0 Å². The standard InChI is InChI=1S/C30H34N4O5S.C29H34N4O4S/c1-18(2)38-25-15-14-19(16-23(25)31-6)27-32-33-28(40-27)22-12-8-11-21-20(22)10-9-13-24(21)34(17-26(35)37-7)29(36)39-30(3,4)5;1-18(2)36-25-14-13-19(17-23(25)30-6)26-31-32-27(38-26)22-11-7-10-21-20(22)9-8-12-24(21)33(15-16-34)28(35)37-29(3,4)5/h8,11-12,14-16,18,24H,9-10,13,17H2,1-5,7H3;7,10-11,13-14,17-18,24,34H,8-9,12,15-16H2,1-5H3/t2*24-/m11/s1. The first kappa shape index (κ1) is 58.2. The van der Waals surface area contributed by atoms with Crippen molar-refractivity contribution >= 4 is 52.2 Å². The van der Waals surface area contributed by atoms with Gasteiger partial charge in [-0.05, 0) is 154 Å². The Morgan fingerprint density at radius 3 is 1.47 bits per heavy atom. The van der Waals surface area contributed by atoms with Gasteiger partial charge >= 0.3 is 18.2 Å². The maximum atomic E-state index is 13.2. The Hall–Kier alpha value is -7.45. The summed E-state index contributed by atoms with van der Waals surface area (Å²) in [7, 11) is 1.31.